The number of halogens is 2. The number of rotatable bonds is 3. The third kappa shape index (κ3) is 1.91. The minimum absolute atomic E-state index is 0.0321. The zero-order valence-corrected chi connectivity index (χ0v) is 8.76. The molecule has 1 aromatic heterocycles. The van der Waals surface area contributed by atoms with Gasteiger partial charge in [-0.15, -0.1) is 0 Å². The van der Waals surface area contributed by atoms with E-state index in [4.69, 9.17) is 5.73 Å². The molecule has 0 aliphatic heterocycles. The molecule has 0 saturated carbocycles. The second-order valence-corrected chi connectivity index (χ2v) is 3.23. The van der Waals surface area contributed by atoms with Gasteiger partial charge >= 0.3 is 5.69 Å². The minimum Gasteiger partial charge on any atom is -0.338 e. The van der Waals surface area contributed by atoms with E-state index in [1.165, 1.54) is 0 Å². The average Bonchev–Trinajstić information content (AvgIpc) is 2.77. The lowest BCUT2D eigenvalue weighted by atomic mass is 10.1. The Morgan fingerprint density at radius 3 is 2.72 bits per heavy atom. The second kappa shape index (κ2) is 4.45. The Morgan fingerprint density at radius 2 is 2.17 bits per heavy atom. The molecule has 0 bridgehead atoms. The summed E-state index contributed by atoms with van der Waals surface area (Å²) in [6.45, 7) is -0.106. The van der Waals surface area contributed by atoms with Crippen LogP contribution in [0.25, 0.3) is 11.4 Å². The number of nitrogens with zero attached hydrogens (tertiary/aromatic N) is 3. The molecule has 2 rings (SSSR count). The van der Waals surface area contributed by atoms with Crippen molar-refractivity contribution in [3.63, 3.8) is 0 Å². The summed E-state index contributed by atoms with van der Waals surface area (Å²) in [5, 5.41) is 13.8. The van der Waals surface area contributed by atoms with E-state index in [0.717, 1.165) is 12.1 Å². The number of aromatic nitrogens is 2. The summed E-state index contributed by atoms with van der Waals surface area (Å²) in [4.78, 5) is 13.2. The predicted molar refractivity (Wildman–Crippen MR) is 54.2 cm³/mol. The topological polar surface area (TPSA) is 108 Å². The lowest BCUT2D eigenvalue weighted by Gasteiger charge is -2.00. The minimum atomic E-state index is -1.36. The summed E-state index contributed by atoms with van der Waals surface area (Å²) in [5.41, 5.74) is 3.62. The summed E-state index contributed by atoms with van der Waals surface area (Å²) in [6, 6.07) is 1.48. The van der Waals surface area contributed by atoms with Gasteiger partial charge in [-0.25, -0.2) is 4.39 Å². The molecular formula is C9H6F2N4O3. The van der Waals surface area contributed by atoms with Gasteiger partial charge in [-0.2, -0.15) is 9.37 Å². The maximum absolute atomic E-state index is 13.7. The molecule has 0 fully saturated rings. The van der Waals surface area contributed by atoms with E-state index < -0.39 is 33.6 Å². The SMILES string of the molecule is NCc1nc(-c2c(F)ccc([N+](=O)[O-])c2F)no1. The molecule has 0 aliphatic rings. The van der Waals surface area contributed by atoms with Gasteiger partial charge in [0.05, 0.1) is 11.5 Å². The van der Waals surface area contributed by atoms with Gasteiger partial charge in [0.25, 0.3) is 0 Å². The van der Waals surface area contributed by atoms with Crippen LogP contribution in [0.15, 0.2) is 16.7 Å². The van der Waals surface area contributed by atoms with Crippen molar-refractivity contribution >= 4 is 5.69 Å². The molecule has 0 radical (unpaired) electrons. The van der Waals surface area contributed by atoms with Crippen LogP contribution in [0.3, 0.4) is 0 Å². The number of nitro groups is 1. The van der Waals surface area contributed by atoms with Crippen LogP contribution >= 0.6 is 0 Å². The van der Waals surface area contributed by atoms with Gasteiger partial charge in [-0.1, -0.05) is 5.16 Å². The van der Waals surface area contributed by atoms with E-state index in [0.29, 0.717) is 0 Å². The Kier molecular flexibility index (Phi) is 2.98. The van der Waals surface area contributed by atoms with Crippen molar-refractivity contribution in [2.75, 3.05) is 0 Å². The summed E-state index contributed by atoms with van der Waals surface area (Å²) < 4.78 is 31.8. The van der Waals surface area contributed by atoms with Crippen LogP contribution in [-0.4, -0.2) is 15.1 Å². The number of benzene rings is 1. The highest BCUT2D eigenvalue weighted by Gasteiger charge is 2.25. The van der Waals surface area contributed by atoms with Crippen molar-refractivity contribution in [3.05, 3.63) is 39.8 Å². The summed E-state index contributed by atoms with van der Waals surface area (Å²) in [6.07, 6.45) is 0. The van der Waals surface area contributed by atoms with Gasteiger partial charge in [-0.05, 0) is 6.07 Å². The average molecular weight is 256 g/mol. The molecule has 0 aliphatic carbocycles. The first-order valence-electron chi connectivity index (χ1n) is 4.70. The quantitative estimate of drug-likeness (QED) is 0.656. The first-order chi connectivity index (χ1) is 8.54. The lowest BCUT2D eigenvalue weighted by molar-refractivity contribution is -0.387. The van der Waals surface area contributed by atoms with Gasteiger partial charge in [0.1, 0.15) is 11.4 Å². The highest BCUT2D eigenvalue weighted by atomic mass is 19.1. The maximum Gasteiger partial charge on any atom is 0.305 e. The van der Waals surface area contributed by atoms with E-state index in [1.54, 1.807) is 0 Å². The van der Waals surface area contributed by atoms with Gasteiger partial charge in [0.15, 0.2) is 0 Å². The van der Waals surface area contributed by atoms with Gasteiger partial charge in [-0.3, -0.25) is 10.1 Å². The van der Waals surface area contributed by atoms with Crippen molar-refractivity contribution < 1.29 is 18.2 Å². The standard InChI is InChI=1S/C9H6F2N4O3/c10-4-1-2-5(15(16)17)8(11)7(4)9-13-6(3-12)18-14-9/h1-2H,3,12H2. The number of nitro benzene ring substituents is 1. The van der Waals surface area contributed by atoms with Gasteiger partial charge in [0.2, 0.25) is 17.5 Å². The van der Waals surface area contributed by atoms with Crippen LogP contribution in [-0.2, 0) is 6.54 Å². The third-order valence-corrected chi connectivity index (χ3v) is 2.13. The fourth-order valence-electron chi connectivity index (χ4n) is 1.33. The van der Waals surface area contributed by atoms with Crippen molar-refractivity contribution in [2.24, 2.45) is 5.73 Å². The fourth-order valence-corrected chi connectivity index (χ4v) is 1.33. The highest BCUT2D eigenvalue weighted by Crippen LogP contribution is 2.29. The molecular weight excluding hydrogens is 250 g/mol. The molecule has 2 aromatic rings. The molecule has 0 spiro atoms. The molecule has 7 nitrogen and oxygen atoms in total. The van der Waals surface area contributed by atoms with Crippen LogP contribution in [0.2, 0.25) is 0 Å². The van der Waals surface area contributed by atoms with Crippen molar-refractivity contribution in [3.8, 4) is 11.4 Å². The number of hydrogen-bond donors (Lipinski definition) is 1. The first-order valence-corrected chi connectivity index (χ1v) is 4.70. The van der Waals surface area contributed by atoms with Crippen LogP contribution in [0.5, 0.6) is 0 Å². The van der Waals surface area contributed by atoms with Crippen LogP contribution in [0.1, 0.15) is 5.89 Å². The van der Waals surface area contributed by atoms with Crippen molar-refractivity contribution in [1.82, 2.24) is 10.1 Å². The summed E-state index contributed by atoms with van der Waals surface area (Å²) >= 11 is 0. The number of hydrogen-bond acceptors (Lipinski definition) is 6. The Bertz CT molecular complexity index is 614. The van der Waals surface area contributed by atoms with Crippen LogP contribution in [0, 0.1) is 21.7 Å². The maximum atomic E-state index is 13.7. The normalized spacial score (nSPS) is 10.6. The highest BCUT2D eigenvalue weighted by molar-refractivity contribution is 5.61. The van der Waals surface area contributed by atoms with Crippen molar-refractivity contribution in [1.29, 1.82) is 0 Å². The van der Waals surface area contributed by atoms with Crippen LogP contribution < -0.4 is 5.73 Å². The first kappa shape index (κ1) is 12.0. The van der Waals surface area contributed by atoms with Gasteiger partial charge < -0.3 is 10.3 Å². The van der Waals surface area contributed by atoms with Gasteiger partial charge in [0, 0.05) is 6.07 Å². The Hall–Kier alpha value is -2.42. The second-order valence-electron chi connectivity index (χ2n) is 3.23. The summed E-state index contributed by atoms with van der Waals surface area (Å²) in [5.74, 6) is -2.84. The largest absolute Gasteiger partial charge is 0.338 e. The monoisotopic (exact) mass is 256 g/mol. The Morgan fingerprint density at radius 1 is 1.44 bits per heavy atom. The van der Waals surface area contributed by atoms with E-state index in [-0.39, 0.29) is 12.4 Å². The third-order valence-electron chi connectivity index (χ3n) is 2.13. The van der Waals surface area contributed by atoms with Crippen molar-refractivity contribution in [2.45, 2.75) is 6.54 Å². The molecule has 0 saturated heterocycles. The van der Waals surface area contributed by atoms with E-state index in [2.05, 4.69) is 14.7 Å². The zero-order chi connectivity index (χ0) is 13.3. The molecule has 0 amide bonds. The molecule has 18 heavy (non-hydrogen) atoms. The zero-order valence-electron chi connectivity index (χ0n) is 8.76. The molecule has 94 valence electrons. The lowest BCUT2D eigenvalue weighted by Crippen LogP contribution is -1.99. The molecule has 2 N–H and O–H groups in total. The fraction of sp³-hybridized carbons (Fsp3) is 0.111. The predicted octanol–water partition coefficient (Wildman–Crippen LogP) is 1.38. The molecule has 1 heterocycles. The van der Waals surface area contributed by atoms with E-state index >= 15 is 0 Å². The number of nitrogens with two attached hydrogens (primary N) is 1. The molecule has 0 atom stereocenters. The summed E-state index contributed by atoms with van der Waals surface area (Å²) in [7, 11) is 0. The Balaban J connectivity index is 2.62. The smallest absolute Gasteiger partial charge is 0.305 e. The Labute approximate surface area is 98.4 Å². The van der Waals surface area contributed by atoms with E-state index in [1.807, 2.05) is 0 Å². The van der Waals surface area contributed by atoms with E-state index in [9.17, 15) is 18.9 Å². The molecule has 0 unspecified atom stereocenters. The van der Waals surface area contributed by atoms with Crippen LogP contribution in [0.4, 0.5) is 14.5 Å². The molecule has 1 aromatic carbocycles. The molecule has 9 heteroatoms.